The number of nitrogens with zero attached hydrogens (tertiary/aromatic N) is 5. The van der Waals surface area contributed by atoms with Gasteiger partial charge in [0.1, 0.15) is 5.69 Å². The van der Waals surface area contributed by atoms with Gasteiger partial charge in [-0.1, -0.05) is 127 Å². The van der Waals surface area contributed by atoms with Gasteiger partial charge in [-0.15, -0.1) is 5.10 Å². The predicted octanol–water partition coefficient (Wildman–Crippen LogP) is 7.47. The Kier molecular flexibility index (Phi) is 8.55. The number of nitro benzene ring substituents is 1. The van der Waals surface area contributed by atoms with Crippen LogP contribution in [-0.2, 0) is 21.4 Å². The highest BCUT2D eigenvalue weighted by molar-refractivity contribution is 6.36. The summed E-state index contributed by atoms with van der Waals surface area (Å²) in [6, 6.07) is 46.8. The van der Waals surface area contributed by atoms with E-state index >= 15 is 4.79 Å². The van der Waals surface area contributed by atoms with Crippen LogP contribution in [0, 0.1) is 10.1 Å². The largest absolute Gasteiger partial charge is 0.378 e. The van der Waals surface area contributed by atoms with Gasteiger partial charge in [-0.05, 0) is 40.0 Å². The molecule has 9 nitrogen and oxygen atoms in total. The number of carbonyl (C=O) groups is 1. The van der Waals surface area contributed by atoms with Gasteiger partial charge in [0.2, 0.25) is 0 Å². The summed E-state index contributed by atoms with van der Waals surface area (Å²) < 4.78 is 7.48. The Hall–Kier alpha value is -6.19. The average Bonchev–Trinajstić information content (AvgIpc) is 3.73. The van der Waals surface area contributed by atoms with Crippen LogP contribution in [0.2, 0.25) is 0 Å². The fraction of sp³-hybridized carbons (Fsp3) is 0.167. The van der Waals surface area contributed by atoms with E-state index in [1.54, 1.807) is 16.8 Å². The number of ether oxygens (including phenoxy) is 1. The maximum Gasteiger partial charge on any atom is 0.269 e. The fourth-order valence-electron chi connectivity index (χ4n) is 7.77. The molecule has 0 amide bonds. The van der Waals surface area contributed by atoms with Crippen molar-refractivity contribution in [3.05, 3.63) is 184 Å². The molecule has 0 unspecified atom stereocenters. The number of ketones is 1. The van der Waals surface area contributed by atoms with E-state index in [0.29, 0.717) is 43.3 Å². The highest BCUT2D eigenvalue weighted by Gasteiger charge is 2.57. The van der Waals surface area contributed by atoms with E-state index in [9.17, 15) is 10.1 Å². The molecule has 2 aliphatic rings. The molecule has 6 aromatic rings. The number of Topliss-reactive ketones (excluding diaryl/α,β-unsaturated/α-hetero) is 1. The number of aromatic nitrogens is 3. The van der Waals surface area contributed by atoms with Crippen molar-refractivity contribution >= 4 is 28.4 Å². The number of hydrogen-bond acceptors (Lipinski definition) is 7. The third-order valence-corrected chi connectivity index (χ3v) is 10.0. The lowest BCUT2D eigenvalue weighted by Crippen LogP contribution is -2.42. The molecular weight excluding hydrogens is 638 g/mol. The summed E-state index contributed by atoms with van der Waals surface area (Å²) in [4.78, 5) is 29.1. The first-order valence-electron chi connectivity index (χ1n) is 17.1. The van der Waals surface area contributed by atoms with Crippen molar-refractivity contribution in [3.63, 3.8) is 0 Å². The molecule has 1 aliphatic heterocycles. The van der Waals surface area contributed by atoms with Gasteiger partial charge in [0.15, 0.2) is 11.6 Å². The second kappa shape index (κ2) is 13.6. The number of nitro groups is 1. The number of benzene rings is 5. The minimum absolute atomic E-state index is 0.00902. The topological polar surface area (TPSA) is 103 Å². The lowest BCUT2D eigenvalue weighted by atomic mass is 9.63. The molecule has 1 fully saturated rings. The summed E-state index contributed by atoms with van der Waals surface area (Å²) >= 11 is 0. The number of hydrogen-bond donors (Lipinski definition) is 0. The Morgan fingerprint density at radius 1 is 0.745 bits per heavy atom. The summed E-state index contributed by atoms with van der Waals surface area (Å²) in [5.74, 6) is 0.384. The van der Waals surface area contributed by atoms with Crippen LogP contribution in [0.4, 0.5) is 11.5 Å². The summed E-state index contributed by atoms with van der Waals surface area (Å²) in [5.41, 5.74) is 5.60. The van der Waals surface area contributed by atoms with Crippen LogP contribution >= 0.6 is 0 Å². The maximum atomic E-state index is 15.9. The van der Waals surface area contributed by atoms with Gasteiger partial charge in [0, 0.05) is 43.1 Å². The molecule has 1 aromatic heterocycles. The average molecular weight is 674 g/mol. The van der Waals surface area contributed by atoms with Crippen molar-refractivity contribution in [1.82, 2.24) is 15.0 Å². The zero-order valence-electron chi connectivity index (χ0n) is 27.8. The molecule has 8 rings (SSSR count). The van der Waals surface area contributed by atoms with Crippen molar-refractivity contribution in [2.24, 2.45) is 0 Å². The van der Waals surface area contributed by atoms with Crippen molar-refractivity contribution in [2.75, 3.05) is 31.2 Å². The molecule has 2 heterocycles. The minimum atomic E-state index is -1.11. The zero-order valence-corrected chi connectivity index (χ0v) is 27.8. The van der Waals surface area contributed by atoms with Crippen molar-refractivity contribution < 1.29 is 14.5 Å². The van der Waals surface area contributed by atoms with E-state index in [1.807, 2.05) is 84.9 Å². The van der Waals surface area contributed by atoms with Crippen molar-refractivity contribution in [1.29, 1.82) is 0 Å². The first-order chi connectivity index (χ1) is 25.1. The number of allylic oxidation sites excluding steroid dienone is 2. The Morgan fingerprint density at radius 3 is 1.92 bits per heavy atom. The van der Waals surface area contributed by atoms with Crippen LogP contribution in [0.1, 0.15) is 33.9 Å². The molecule has 0 radical (unpaired) electrons. The molecule has 1 saturated heterocycles. The van der Waals surface area contributed by atoms with E-state index in [4.69, 9.17) is 9.84 Å². The summed E-state index contributed by atoms with van der Waals surface area (Å²) in [6.07, 6.45) is 0.252. The first-order valence-corrected chi connectivity index (χ1v) is 17.1. The molecule has 0 spiro atoms. The lowest BCUT2D eigenvalue weighted by Gasteiger charge is -2.37. The second-order valence-electron chi connectivity index (χ2n) is 12.9. The lowest BCUT2D eigenvalue weighted by molar-refractivity contribution is -0.384. The van der Waals surface area contributed by atoms with E-state index in [-0.39, 0.29) is 23.8 Å². The predicted molar refractivity (Wildman–Crippen MR) is 197 cm³/mol. The third kappa shape index (κ3) is 5.71. The molecule has 5 aromatic carbocycles. The number of anilines is 1. The second-order valence-corrected chi connectivity index (χ2v) is 12.9. The maximum absolute atomic E-state index is 15.9. The monoisotopic (exact) mass is 673 g/mol. The standard InChI is InChI=1S/C42H35N5O4/c48-40-38(31-15-7-2-8-16-31)37(30-13-5-1-6-14-30)39(32-17-9-3-10-18-32)42(40,33-19-11-4-12-20-33)29-36-41(45-25-27-51-28-26-45)46(44-43-36)34-21-23-35(24-22-34)47(49)50/h1-24,39H,25-29H2/t39-,42-/m0/s1. The Bertz CT molecular complexity index is 2200. The highest BCUT2D eigenvalue weighted by atomic mass is 16.6. The van der Waals surface area contributed by atoms with Crippen LogP contribution in [0.5, 0.6) is 0 Å². The van der Waals surface area contributed by atoms with E-state index in [1.165, 1.54) is 12.1 Å². The number of rotatable bonds is 9. The van der Waals surface area contributed by atoms with Gasteiger partial charge < -0.3 is 9.64 Å². The van der Waals surface area contributed by atoms with Crippen molar-refractivity contribution in [2.45, 2.75) is 17.8 Å². The normalized spacial score (nSPS) is 19.0. The van der Waals surface area contributed by atoms with Gasteiger partial charge in [0.05, 0.1) is 29.2 Å². The van der Waals surface area contributed by atoms with E-state index in [2.05, 4.69) is 46.5 Å². The third-order valence-electron chi connectivity index (χ3n) is 10.0. The van der Waals surface area contributed by atoms with Gasteiger partial charge in [-0.3, -0.25) is 14.9 Å². The minimum Gasteiger partial charge on any atom is -0.378 e. The van der Waals surface area contributed by atoms with E-state index < -0.39 is 10.3 Å². The van der Waals surface area contributed by atoms with Gasteiger partial charge in [-0.25, -0.2) is 0 Å². The number of morpholine rings is 1. The zero-order chi connectivity index (χ0) is 34.8. The van der Waals surface area contributed by atoms with Gasteiger partial charge in [-0.2, -0.15) is 4.68 Å². The summed E-state index contributed by atoms with van der Waals surface area (Å²) in [5, 5.41) is 21.0. The summed E-state index contributed by atoms with van der Waals surface area (Å²) in [7, 11) is 0. The molecule has 0 bridgehead atoms. The molecule has 51 heavy (non-hydrogen) atoms. The van der Waals surface area contributed by atoms with Gasteiger partial charge >= 0.3 is 0 Å². The first kappa shape index (κ1) is 32.0. The van der Waals surface area contributed by atoms with E-state index in [0.717, 1.165) is 33.6 Å². The molecule has 0 N–H and O–H groups in total. The Morgan fingerprint density at radius 2 is 1.31 bits per heavy atom. The van der Waals surface area contributed by atoms with Crippen LogP contribution in [0.25, 0.3) is 16.8 Å². The van der Waals surface area contributed by atoms with Crippen LogP contribution in [0.3, 0.4) is 0 Å². The van der Waals surface area contributed by atoms with Gasteiger partial charge in [0.25, 0.3) is 5.69 Å². The Balaban J connectivity index is 1.39. The fourth-order valence-corrected chi connectivity index (χ4v) is 7.77. The van der Waals surface area contributed by atoms with Crippen LogP contribution < -0.4 is 4.90 Å². The smallest absolute Gasteiger partial charge is 0.269 e. The SMILES string of the molecule is O=C1C(c2ccccc2)=C(c2ccccc2)[C@H](c2ccccc2)[C@]1(Cc1nnn(-c2ccc([N+](=O)[O-])cc2)c1N1CCOCC1)c1ccccc1. The molecular formula is C42H35N5O4. The molecule has 1 aliphatic carbocycles. The quantitative estimate of drug-likeness (QED) is 0.116. The molecule has 0 saturated carbocycles. The molecule has 2 atom stereocenters. The molecule has 9 heteroatoms. The highest BCUT2D eigenvalue weighted by Crippen LogP contribution is 2.59. The van der Waals surface area contributed by atoms with Crippen LogP contribution in [0.15, 0.2) is 146 Å². The number of carbonyl (C=O) groups excluding carboxylic acids is 1. The Labute approximate surface area is 295 Å². The summed E-state index contributed by atoms with van der Waals surface area (Å²) in [6.45, 7) is 2.26. The van der Waals surface area contributed by atoms with Crippen molar-refractivity contribution in [3.8, 4) is 5.69 Å². The van der Waals surface area contributed by atoms with Crippen LogP contribution in [-0.4, -0.2) is 52.0 Å². The number of non-ortho nitro benzene ring substituents is 1. The molecule has 252 valence electrons.